The lowest BCUT2D eigenvalue weighted by Crippen LogP contribution is -2.54. The zero-order chi connectivity index (χ0) is 31.6. The third-order valence-electron chi connectivity index (χ3n) is 7.16. The zero-order valence-electron chi connectivity index (χ0n) is 22.4. The molecule has 16 heteroatoms. The second kappa shape index (κ2) is 12.5. The minimum absolute atomic E-state index is 0.0462. The topological polar surface area (TPSA) is 111 Å². The first kappa shape index (κ1) is 32.2. The van der Waals surface area contributed by atoms with Gasteiger partial charge in [0.05, 0.1) is 12.2 Å². The molecule has 2 heterocycles. The normalized spacial score (nSPS) is 17.6. The molecule has 2 saturated heterocycles. The summed E-state index contributed by atoms with van der Waals surface area (Å²) in [7, 11) is 0. The summed E-state index contributed by atoms with van der Waals surface area (Å²) in [5.41, 5.74) is -6.52. The highest BCUT2D eigenvalue weighted by Gasteiger charge is 2.71. The number of hydrogen-bond donors (Lipinski definition) is 3. The van der Waals surface area contributed by atoms with E-state index in [4.69, 9.17) is 4.74 Å². The minimum Gasteiger partial charge on any atom is -0.381 e. The van der Waals surface area contributed by atoms with Crippen LogP contribution in [0.25, 0.3) is 0 Å². The second-order valence-corrected chi connectivity index (χ2v) is 10.1. The van der Waals surface area contributed by atoms with Gasteiger partial charge in [-0.2, -0.15) is 26.3 Å². The Labute approximate surface area is 240 Å². The summed E-state index contributed by atoms with van der Waals surface area (Å²) in [6.07, 6.45) is -10.8. The fourth-order valence-electron chi connectivity index (χ4n) is 4.76. The van der Waals surface area contributed by atoms with Crippen LogP contribution in [-0.2, 0) is 21.7 Å². The van der Waals surface area contributed by atoms with E-state index in [1.54, 1.807) is 0 Å². The van der Waals surface area contributed by atoms with Crippen LogP contribution in [-0.4, -0.2) is 84.0 Å². The van der Waals surface area contributed by atoms with Gasteiger partial charge in [-0.15, -0.1) is 0 Å². The molecule has 0 radical (unpaired) electrons. The molecule has 2 fully saturated rings. The Kier molecular flexibility index (Phi) is 9.32. The van der Waals surface area contributed by atoms with Gasteiger partial charge in [0.1, 0.15) is 5.82 Å². The Morgan fingerprint density at radius 3 is 2.14 bits per heavy atom. The van der Waals surface area contributed by atoms with Crippen LogP contribution in [0.2, 0.25) is 0 Å². The molecule has 234 valence electrons. The molecule has 2 aromatic rings. The predicted octanol–water partition coefficient (Wildman–Crippen LogP) is 3.92. The molecule has 4 rings (SSSR count). The van der Waals surface area contributed by atoms with E-state index in [1.807, 2.05) is 0 Å². The van der Waals surface area contributed by atoms with Gasteiger partial charge in [-0.1, -0.05) is 24.3 Å². The van der Waals surface area contributed by atoms with Crippen LogP contribution in [0, 0.1) is 5.82 Å². The number of rotatable bonds is 6. The molecule has 3 N–H and O–H groups in total. The van der Waals surface area contributed by atoms with Gasteiger partial charge >= 0.3 is 18.4 Å². The standard InChI is InChI=1S/C27H27F7N4O5/c28-20-13-17(3-6-21(20)36-24(41)35-19-7-11-43-12-8-19)23(40)38-10-9-37(15-22(38)39)14-16-1-4-18(5-2-16)25(42,26(29,30)31)27(32,33)34/h1-6,13,19,42H,7-12,14-15H2,(H2,35,36,41). The number of benzene rings is 2. The van der Waals surface area contributed by atoms with Gasteiger partial charge in [-0.25, -0.2) is 9.18 Å². The Morgan fingerprint density at radius 2 is 1.58 bits per heavy atom. The number of alkyl halides is 6. The van der Waals surface area contributed by atoms with E-state index in [9.17, 15) is 50.2 Å². The van der Waals surface area contributed by atoms with E-state index >= 15 is 0 Å². The smallest absolute Gasteiger partial charge is 0.381 e. The van der Waals surface area contributed by atoms with E-state index in [1.165, 1.54) is 17.0 Å². The SMILES string of the molecule is O=C(Nc1ccc(C(=O)N2CCN(Cc3ccc(C(O)(C(F)(F)F)C(F)(F)F)cc3)CC2=O)cc1F)NC1CCOCC1. The number of ether oxygens (including phenoxy) is 1. The molecule has 0 atom stereocenters. The molecule has 0 unspecified atom stereocenters. The first-order valence-electron chi connectivity index (χ1n) is 13.1. The number of carbonyl (C=O) groups is 3. The van der Waals surface area contributed by atoms with Crippen LogP contribution >= 0.6 is 0 Å². The van der Waals surface area contributed by atoms with E-state index in [2.05, 4.69) is 10.6 Å². The Balaban J connectivity index is 1.34. The number of piperazine rings is 1. The Morgan fingerprint density at radius 1 is 0.953 bits per heavy atom. The number of imide groups is 1. The Bertz CT molecular complexity index is 1330. The second-order valence-electron chi connectivity index (χ2n) is 10.1. The van der Waals surface area contributed by atoms with Crippen molar-refractivity contribution in [2.75, 3.05) is 38.2 Å². The maximum absolute atomic E-state index is 14.7. The lowest BCUT2D eigenvalue weighted by Gasteiger charge is -2.34. The molecule has 0 bridgehead atoms. The van der Waals surface area contributed by atoms with Crippen LogP contribution in [0.1, 0.15) is 34.3 Å². The summed E-state index contributed by atoms with van der Waals surface area (Å²) < 4.78 is 98.5. The number of anilines is 1. The molecule has 43 heavy (non-hydrogen) atoms. The quantitative estimate of drug-likeness (QED) is 0.334. The van der Waals surface area contributed by atoms with Gasteiger partial charge in [0.25, 0.3) is 11.5 Å². The number of aliphatic hydroxyl groups is 1. The average Bonchev–Trinajstić information content (AvgIpc) is 2.93. The number of carbonyl (C=O) groups excluding carboxylic acids is 3. The number of urea groups is 1. The van der Waals surface area contributed by atoms with Crippen molar-refractivity contribution in [1.29, 1.82) is 0 Å². The number of amides is 4. The Hall–Kier alpha value is -3.76. The van der Waals surface area contributed by atoms with Gasteiger partial charge in [-0.3, -0.25) is 19.4 Å². The molecule has 0 aromatic heterocycles. The summed E-state index contributed by atoms with van der Waals surface area (Å²) in [6, 6.07) is 5.56. The zero-order valence-corrected chi connectivity index (χ0v) is 22.4. The molecule has 2 aliphatic rings. The molecule has 4 amide bonds. The molecule has 0 aliphatic carbocycles. The van der Waals surface area contributed by atoms with Crippen LogP contribution in [0.3, 0.4) is 0 Å². The van der Waals surface area contributed by atoms with Gasteiger partial charge in [0, 0.05) is 50.0 Å². The minimum atomic E-state index is -6.01. The van der Waals surface area contributed by atoms with E-state index in [0.717, 1.165) is 23.1 Å². The third kappa shape index (κ3) is 7.08. The first-order valence-corrected chi connectivity index (χ1v) is 13.1. The van der Waals surface area contributed by atoms with Crippen molar-refractivity contribution in [3.05, 3.63) is 65.0 Å². The van der Waals surface area contributed by atoms with Crippen molar-refractivity contribution in [2.45, 2.75) is 43.4 Å². The summed E-state index contributed by atoms with van der Waals surface area (Å²) in [6.45, 7) is 0.637. The number of nitrogens with zero attached hydrogens (tertiary/aromatic N) is 2. The highest BCUT2D eigenvalue weighted by Crippen LogP contribution is 2.50. The molecule has 2 aromatic carbocycles. The predicted molar refractivity (Wildman–Crippen MR) is 136 cm³/mol. The van der Waals surface area contributed by atoms with Crippen molar-refractivity contribution >= 4 is 23.5 Å². The lowest BCUT2D eigenvalue weighted by molar-refractivity contribution is -0.376. The van der Waals surface area contributed by atoms with E-state index in [-0.39, 0.29) is 49.0 Å². The van der Waals surface area contributed by atoms with Crippen molar-refractivity contribution in [2.24, 2.45) is 0 Å². The van der Waals surface area contributed by atoms with Gasteiger partial charge in [-0.05, 0) is 36.6 Å². The van der Waals surface area contributed by atoms with Crippen LogP contribution in [0.5, 0.6) is 0 Å². The fourth-order valence-corrected chi connectivity index (χ4v) is 4.76. The third-order valence-corrected chi connectivity index (χ3v) is 7.16. The van der Waals surface area contributed by atoms with Crippen molar-refractivity contribution in [3.8, 4) is 0 Å². The molecular weight excluding hydrogens is 593 g/mol. The summed E-state index contributed by atoms with van der Waals surface area (Å²) in [4.78, 5) is 40.2. The fraction of sp³-hybridized carbons (Fsp3) is 0.444. The van der Waals surface area contributed by atoms with Crippen LogP contribution in [0.4, 0.5) is 41.2 Å². The first-order chi connectivity index (χ1) is 20.1. The van der Waals surface area contributed by atoms with E-state index < -0.39 is 47.2 Å². The monoisotopic (exact) mass is 620 g/mol. The maximum Gasteiger partial charge on any atom is 0.430 e. The molecule has 9 nitrogen and oxygen atoms in total. The van der Waals surface area contributed by atoms with Gasteiger partial charge in [0.2, 0.25) is 5.91 Å². The van der Waals surface area contributed by atoms with Gasteiger partial charge in [0.15, 0.2) is 0 Å². The molecule has 2 aliphatic heterocycles. The summed E-state index contributed by atoms with van der Waals surface area (Å²) in [5.74, 6) is -2.34. The lowest BCUT2D eigenvalue weighted by atomic mass is 9.91. The van der Waals surface area contributed by atoms with Crippen LogP contribution < -0.4 is 10.6 Å². The molecular formula is C27H27F7N4O5. The van der Waals surface area contributed by atoms with Crippen molar-refractivity contribution < 1.29 is 55.0 Å². The van der Waals surface area contributed by atoms with Crippen molar-refractivity contribution in [3.63, 3.8) is 0 Å². The van der Waals surface area contributed by atoms with Gasteiger partial charge < -0.3 is 20.5 Å². The molecule has 0 spiro atoms. The largest absolute Gasteiger partial charge is 0.430 e. The van der Waals surface area contributed by atoms with Crippen molar-refractivity contribution in [1.82, 2.24) is 15.1 Å². The highest BCUT2D eigenvalue weighted by molar-refractivity contribution is 6.05. The van der Waals surface area contributed by atoms with E-state index in [0.29, 0.717) is 38.2 Å². The number of hydrogen-bond acceptors (Lipinski definition) is 6. The summed E-state index contributed by atoms with van der Waals surface area (Å²) >= 11 is 0. The highest BCUT2D eigenvalue weighted by atomic mass is 19.4. The average molecular weight is 621 g/mol. The summed E-state index contributed by atoms with van der Waals surface area (Å²) in [5, 5.41) is 14.6. The number of nitrogens with one attached hydrogen (secondary N) is 2. The maximum atomic E-state index is 14.7. The number of halogens is 7. The molecule has 0 saturated carbocycles. The van der Waals surface area contributed by atoms with Crippen LogP contribution in [0.15, 0.2) is 42.5 Å².